The summed E-state index contributed by atoms with van der Waals surface area (Å²) in [7, 11) is 0. The van der Waals surface area contributed by atoms with Crippen molar-refractivity contribution >= 4 is 0 Å². The molecule has 0 fully saturated rings. The van der Waals surface area contributed by atoms with Gasteiger partial charge in [0.15, 0.2) is 0 Å². The van der Waals surface area contributed by atoms with E-state index in [0.29, 0.717) is 17.0 Å². The quantitative estimate of drug-likeness (QED) is 0.858. The van der Waals surface area contributed by atoms with Gasteiger partial charge in [0.25, 0.3) is 5.82 Å². The lowest BCUT2D eigenvalue weighted by molar-refractivity contribution is -0.146. The molecule has 0 amide bonds. The van der Waals surface area contributed by atoms with Crippen molar-refractivity contribution in [3.05, 3.63) is 30.1 Å². The van der Waals surface area contributed by atoms with Crippen LogP contribution < -0.4 is 4.74 Å². The fourth-order valence-corrected chi connectivity index (χ4v) is 1.49. The SMILES string of the molecule is CCCOc1ccccc1-n1nnnc1C(F)(F)F. The average Bonchev–Trinajstić information content (AvgIpc) is 2.85. The third-order valence-corrected chi connectivity index (χ3v) is 2.28. The summed E-state index contributed by atoms with van der Waals surface area (Å²) in [6.45, 7) is 2.31. The van der Waals surface area contributed by atoms with Crippen molar-refractivity contribution in [2.24, 2.45) is 0 Å². The molecule has 0 unspecified atom stereocenters. The lowest BCUT2D eigenvalue weighted by Gasteiger charge is -2.12. The fraction of sp³-hybridized carbons (Fsp3) is 0.364. The Labute approximate surface area is 107 Å². The highest BCUT2D eigenvalue weighted by molar-refractivity contribution is 5.46. The van der Waals surface area contributed by atoms with Crippen molar-refractivity contribution in [3.8, 4) is 11.4 Å². The van der Waals surface area contributed by atoms with E-state index < -0.39 is 12.0 Å². The van der Waals surface area contributed by atoms with E-state index in [9.17, 15) is 13.2 Å². The molecule has 1 heterocycles. The summed E-state index contributed by atoms with van der Waals surface area (Å²) in [5.74, 6) is -0.873. The zero-order chi connectivity index (χ0) is 13.9. The van der Waals surface area contributed by atoms with Crippen LogP contribution in [0.15, 0.2) is 24.3 Å². The second-order valence-corrected chi connectivity index (χ2v) is 3.73. The maximum absolute atomic E-state index is 12.7. The fourth-order valence-electron chi connectivity index (χ4n) is 1.49. The number of ether oxygens (including phenoxy) is 1. The molecule has 0 saturated heterocycles. The van der Waals surface area contributed by atoms with Crippen LogP contribution in [0.4, 0.5) is 13.2 Å². The van der Waals surface area contributed by atoms with Crippen LogP contribution in [0.3, 0.4) is 0 Å². The molecule has 0 aliphatic rings. The molecule has 0 spiro atoms. The predicted octanol–water partition coefficient (Wildman–Crippen LogP) is 2.47. The van der Waals surface area contributed by atoms with E-state index in [-0.39, 0.29) is 5.69 Å². The van der Waals surface area contributed by atoms with Gasteiger partial charge in [-0.1, -0.05) is 19.1 Å². The van der Waals surface area contributed by atoms with Crippen LogP contribution in [0.1, 0.15) is 19.2 Å². The summed E-state index contributed by atoms with van der Waals surface area (Å²) in [5, 5.41) is 9.46. The van der Waals surface area contributed by atoms with Crippen LogP contribution >= 0.6 is 0 Å². The van der Waals surface area contributed by atoms with Crippen molar-refractivity contribution in [1.29, 1.82) is 0 Å². The van der Waals surface area contributed by atoms with Gasteiger partial charge in [0.1, 0.15) is 11.4 Å². The van der Waals surface area contributed by atoms with E-state index in [1.54, 1.807) is 18.2 Å². The molecule has 0 bridgehead atoms. The minimum atomic E-state index is -4.62. The summed E-state index contributed by atoms with van der Waals surface area (Å²) < 4.78 is 44.3. The average molecular weight is 272 g/mol. The zero-order valence-electron chi connectivity index (χ0n) is 10.1. The van der Waals surface area contributed by atoms with Gasteiger partial charge >= 0.3 is 6.18 Å². The van der Waals surface area contributed by atoms with E-state index in [1.165, 1.54) is 6.07 Å². The molecule has 0 aliphatic heterocycles. The van der Waals surface area contributed by atoms with Gasteiger partial charge in [0.05, 0.1) is 6.61 Å². The molecule has 0 atom stereocenters. The minimum Gasteiger partial charge on any atom is -0.491 e. The van der Waals surface area contributed by atoms with Crippen molar-refractivity contribution in [2.75, 3.05) is 6.61 Å². The minimum absolute atomic E-state index is 0.160. The molecule has 5 nitrogen and oxygen atoms in total. The van der Waals surface area contributed by atoms with Crippen molar-refractivity contribution in [1.82, 2.24) is 20.2 Å². The Morgan fingerprint density at radius 2 is 2.00 bits per heavy atom. The van der Waals surface area contributed by atoms with Crippen molar-refractivity contribution in [3.63, 3.8) is 0 Å². The van der Waals surface area contributed by atoms with E-state index in [2.05, 4.69) is 15.5 Å². The topological polar surface area (TPSA) is 52.8 Å². The number of hydrogen-bond donors (Lipinski definition) is 0. The van der Waals surface area contributed by atoms with Crippen LogP contribution in [0, 0.1) is 0 Å². The number of nitrogens with zero attached hydrogens (tertiary/aromatic N) is 4. The standard InChI is InChI=1S/C11H11F3N4O/c1-2-7-19-9-6-4-3-5-8(9)18-10(11(12,13)14)15-16-17-18/h3-6H,2,7H2,1H3. The molecule has 2 rings (SSSR count). The van der Waals surface area contributed by atoms with E-state index in [0.717, 1.165) is 6.42 Å². The van der Waals surface area contributed by atoms with E-state index in [1.807, 2.05) is 6.92 Å². The lowest BCUT2D eigenvalue weighted by atomic mass is 10.3. The molecular weight excluding hydrogens is 261 g/mol. The van der Waals surface area contributed by atoms with Gasteiger partial charge in [-0.15, -0.1) is 5.10 Å². The van der Waals surface area contributed by atoms with E-state index in [4.69, 9.17) is 4.74 Å². The number of benzene rings is 1. The van der Waals surface area contributed by atoms with Crippen LogP contribution in [0.2, 0.25) is 0 Å². The Bertz CT molecular complexity index is 553. The molecule has 0 aliphatic carbocycles. The number of tetrazole rings is 1. The highest BCUT2D eigenvalue weighted by Crippen LogP contribution is 2.31. The number of rotatable bonds is 4. The smallest absolute Gasteiger partial charge is 0.453 e. The molecule has 1 aromatic heterocycles. The Kier molecular flexibility index (Phi) is 3.68. The monoisotopic (exact) mass is 272 g/mol. The van der Waals surface area contributed by atoms with Gasteiger partial charge in [-0.2, -0.15) is 17.9 Å². The van der Waals surface area contributed by atoms with Gasteiger partial charge < -0.3 is 4.74 Å². The maximum Gasteiger partial charge on any atom is 0.453 e. The van der Waals surface area contributed by atoms with Crippen molar-refractivity contribution in [2.45, 2.75) is 19.5 Å². The third-order valence-electron chi connectivity index (χ3n) is 2.28. The Hall–Kier alpha value is -2.12. The first-order valence-corrected chi connectivity index (χ1v) is 5.62. The molecule has 102 valence electrons. The van der Waals surface area contributed by atoms with Gasteiger partial charge in [0, 0.05) is 0 Å². The normalized spacial score (nSPS) is 11.6. The highest BCUT2D eigenvalue weighted by atomic mass is 19.4. The number of halogens is 3. The van der Waals surface area contributed by atoms with Gasteiger partial charge in [-0.25, -0.2) is 0 Å². The number of aromatic nitrogens is 4. The number of para-hydroxylation sites is 2. The summed E-state index contributed by atoms with van der Waals surface area (Å²) in [4.78, 5) is 0. The van der Waals surface area contributed by atoms with E-state index >= 15 is 0 Å². The van der Waals surface area contributed by atoms with Crippen LogP contribution in [-0.4, -0.2) is 26.8 Å². The summed E-state index contributed by atoms with van der Waals surface area (Å²) in [5.41, 5.74) is 0.160. The number of hydrogen-bond acceptors (Lipinski definition) is 4. The molecule has 19 heavy (non-hydrogen) atoms. The van der Waals surface area contributed by atoms with Crippen molar-refractivity contribution < 1.29 is 17.9 Å². The molecular formula is C11H11F3N4O. The first-order chi connectivity index (χ1) is 9.04. The first kappa shape index (κ1) is 13.3. The van der Waals surface area contributed by atoms with Gasteiger partial charge in [0.2, 0.25) is 0 Å². The summed E-state index contributed by atoms with van der Waals surface area (Å²) in [6, 6.07) is 6.31. The highest BCUT2D eigenvalue weighted by Gasteiger charge is 2.38. The molecule has 0 radical (unpaired) electrons. The Balaban J connectivity index is 2.45. The molecule has 1 aromatic carbocycles. The first-order valence-electron chi connectivity index (χ1n) is 5.62. The van der Waals surface area contributed by atoms with Gasteiger partial charge in [-0.3, -0.25) is 0 Å². The largest absolute Gasteiger partial charge is 0.491 e. The number of alkyl halides is 3. The Morgan fingerprint density at radius 1 is 1.26 bits per heavy atom. The molecule has 8 heteroatoms. The zero-order valence-corrected chi connectivity index (χ0v) is 10.1. The van der Waals surface area contributed by atoms with Crippen LogP contribution in [0.5, 0.6) is 5.75 Å². The molecule has 0 N–H and O–H groups in total. The lowest BCUT2D eigenvalue weighted by Crippen LogP contribution is -2.15. The van der Waals surface area contributed by atoms with Crippen LogP contribution in [-0.2, 0) is 6.18 Å². The second kappa shape index (κ2) is 5.25. The molecule has 0 saturated carbocycles. The Morgan fingerprint density at radius 3 is 2.68 bits per heavy atom. The maximum atomic E-state index is 12.7. The summed E-state index contributed by atoms with van der Waals surface area (Å²) in [6.07, 6.45) is -3.88. The van der Waals surface area contributed by atoms with Gasteiger partial charge in [-0.05, 0) is 29.0 Å². The van der Waals surface area contributed by atoms with Crippen LogP contribution in [0.25, 0.3) is 5.69 Å². The third kappa shape index (κ3) is 2.83. The molecule has 2 aromatic rings. The second-order valence-electron chi connectivity index (χ2n) is 3.73. The predicted molar refractivity (Wildman–Crippen MR) is 59.9 cm³/mol. The summed E-state index contributed by atoms with van der Waals surface area (Å²) >= 11 is 0.